The van der Waals surface area contributed by atoms with Crippen LogP contribution in [0.2, 0.25) is 10.0 Å². The molecule has 106 valence electrons. The van der Waals surface area contributed by atoms with E-state index in [0.29, 0.717) is 31.9 Å². The monoisotopic (exact) mass is 337 g/mol. The minimum Gasteiger partial charge on any atom is -0.431 e. The number of benzene rings is 2. The molecule has 0 aliphatic heterocycles. The number of thioether (sulfide) groups is 1. The van der Waals surface area contributed by atoms with Crippen molar-refractivity contribution in [2.75, 3.05) is 5.75 Å². The number of aromatic nitrogens is 1. The van der Waals surface area contributed by atoms with Crippen molar-refractivity contribution in [3.05, 3.63) is 58.1 Å². The predicted octanol–water partition coefficient (Wildman–Crippen LogP) is 5.11. The zero-order valence-corrected chi connectivity index (χ0v) is 13.0. The van der Waals surface area contributed by atoms with Crippen LogP contribution in [-0.4, -0.2) is 16.5 Å². The number of rotatable bonds is 4. The largest absolute Gasteiger partial charge is 0.431 e. The molecular weight excluding hydrogens is 329 g/mol. The Hall–Kier alpha value is -1.49. The lowest BCUT2D eigenvalue weighted by Gasteiger charge is -1.98. The van der Waals surface area contributed by atoms with Crippen LogP contribution < -0.4 is 0 Å². The van der Waals surface area contributed by atoms with Crippen LogP contribution in [0.4, 0.5) is 0 Å². The number of hydrogen-bond donors (Lipinski definition) is 0. The van der Waals surface area contributed by atoms with Crippen molar-refractivity contribution in [2.45, 2.75) is 5.22 Å². The molecule has 3 aromatic rings. The van der Waals surface area contributed by atoms with E-state index >= 15 is 0 Å². The van der Waals surface area contributed by atoms with E-state index in [0.717, 1.165) is 0 Å². The van der Waals surface area contributed by atoms with Crippen molar-refractivity contribution in [2.24, 2.45) is 0 Å². The molecule has 0 saturated carbocycles. The van der Waals surface area contributed by atoms with Gasteiger partial charge in [-0.1, -0.05) is 35.0 Å². The lowest BCUT2D eigenvalue weighted by atomic mass is 10.1. The van der Waals surface area contributed by atoms with Crippen molar-refractivity contribution in [3.63, 3.8) is 0 Å². The molecular formula is C15H9Cl2NO2S. The molecule has 0 fully saturated rings. The van der Waals surface area contributed by atoms with Crippen LogP contribution in [0.5, 0.6) is 0 Å². The fourth-order valence-electron chi connectivity index (χ4n) is 1.79. The molecule has 0 spiro atoms. The maximum Gasteiger partial charge on any atom is 0.257 e. The molecule has 0 amide bonds. The summed E-state index contributed by atoms with van der Waals surface area (Å²) in [5, 5.41) is 1.66. The normalized spacial score (nSPS) is 11.0. The van der Waals surface area contributed by atoms with E-state index in [1.165, 1.54) is 11.8 Å². The quantitative estimate of drug-likeness (QED) is 0.490. The Balaban J connectivity index is 1.71. The van der Waals surface area contributed by atoms with Gasteiger partial charge in [0.2, 0.25) is 0 Å². The maximum atomic E-state index is 12.0. The molecule has 6 heteroatoms. The minimum absolute atomic E-state index is 0.00282. The van der Waals surface area contributed by atoms with Crippen LogP contribution in [0.25, 0.3) is 11.1 Å². The Labute approximate surface area is 135 Å². The van der Waals surface area contributed by atoms with Crippen LogP contribution >= 0.6 is 35.0 Å². The van der Waals surface area contributed by atoms with Gasteiger partial charge in [-0.3, -0.25) is 4.79 Å². The third kappa shape index (κ3) is 3.40. The Morgan fingerprint density at radius 3 is 2.57 bits per heavy atom. The van der Waals surface area contributed by atoms with E-state index in [4.69, 9.17) is 27.6 Å². The Bertz CT molecular complexity index is 799. The van der Waals surface area contributed by atoms with Gasteiger partial charge in [-0.05, 0) is 42.5 Å². The molecule has 1 heterocycles. The lowest BCUT2D eigenvalue weighted by molar-refractivity contribution is 0.102. The second kappa shape index (κ2) is 6.10. The highest BCUT2D eigenvalue weighted by Gasteiger charge is 2.11. The number of oxazole rings is 1. The third-order valence-electron chi connectivity index (χ3n) is 2.82. The molecule has 0 unspecified atom stereocenters. The van der Waals surface area contributed by atoms with E-state index in [9.17, 15) is 4.79 Å². The van der Waals surface area contributed by atoms with Crippen molar-refractivity contribution >= 4 is 51.8 Å². The van der Waals surface area contributed by atoms with Crippen molar-refractivity contribution in [1.29, 1.82) is 0 Å². The number of carbonyl (C=O) groups excluding carboxylic acids is 1. The molecule has 3 rings (SSSR count). The number of nitrogens with zero attached hydrogens (tertiary/aromatic N) is 1. The van der Waals surface area contributed by atoms with E-state index in [2.05, 4.69) is 4.98 Å². The first-order valence-corrected chi connectivity index (χ1v) is 7.83. The van der Waals surface area contributed by atoms with Crippen LogP contribution in [0.1, 0.15) is 10.4 Å². The maximum absolute atomic E-state index is 12.0. The van der Waals surface area contributed by atoms with E-state index in [1.54, 1.807) is 42.5 Å². The van der Waals surface area contributed by atoms with Gasteiger partial charge >= 0.3 is 0 Å². The number of hydrogen-bond acceptors (Lipinski definition) is 4. The summed E-state index contributed by atoms with van der Waals surface area (Å²) in [5.41, 5.74) is 1.95. The second-order valence-electron chi connectivity index (χ2n) is 4.31. The summed E-state index contributed by atoms with van der Waals surface area (Å²) in [4.78, 5) is 16.3. The molecule has 1 aromatic heterocycles. The Kier molecular flexibility index (Phi) is 4.19. The van der Waals surface area contributed by atoms with Gasteiger partial charge in [-0.15, -0.1) is 0 Å². The molecule has 0 atom stereocenters. The van der Waals surface area contributed by atoms with E-state index < -0.39 is 0 Å². The molecule has 2 aromatic carbocycles. The summed E-state index contributed by atoms with van der Waals surface area (Å²) in [5.74, 6) is 0.249. The average molecular weight is 338 g/mol. The summed E-state index contributed by atoms with van der Waals surface area (Å²) in [6, 6.07) is 12.0. The molecule has 0 aliphatic rings. The molecule has 0 aliphatic carbocycles. The van der Waals surface area contributed by atoms with Gasteiger partial charge in [0.25, 0.3) is 5.22 Å². The lowest BCUT2D eigenvalue weighted by Crippen LogP contribution is -2.01. The highest BCUT2D eigenvalue weighted by molar-refractivity contribution is 7.99. The van der Waals surface area contributed by atoms with Gasteiger partial charge in [0, 0.05) is 15.6 Å². The van der Waals surface area contributed by atoms with Gasteiger partial charge in [-0.2, -0.15) is 0 Å². The molecule has 21 heavy (non-hydrogen) atoms. The highest BCUT2D eigenvalue weighted by Crippen LogP contribution is 2.26. The van der Waals surface area contributed by atoms with Crippen molar-refractivity contribution in [1.82, 2.24) is 4.98 Å². The summed E-state index contributed by atoms with van der Waals surface area (Å²) < 4.78 is 5.55. The molecule has 3 nitrogen and oxygen atoms in total. The predicted molar refractivity (Wildman–Crippen MR) is 85.5 cm³/mol. The van der Waals surface area contributed by atoms with Gasteiger partial charge < -0.3 is 4.42 Å². The number of Topliss-reactive ketones (excluding diaryl/α,β-unsaturated/α-hetero) is 1. The Morgan fingerprint density at radius 2 is 1.81 bits per heavy atom. The van der Waals surface area contributed by atoms with Gasteiger partial charge in [0.15, 0.2) is 11.4 Å². The van der Waals surface area contributed by atoms with Gasteiger partial charge in [-0.25, -0.2) is 4.98 Å². The number of halogens is 2. The zero-order valence-electron chi connectivity index (χ0n) is 10.7. The Morgan fingerprint density at radius 1 is 1.10 bits per heavy atom. The summed E-state index contributed by atoms with van der Waals surface area (Å²) in [7, 11) is 0. The first kappa shape index (κ1) is 14.4. The number of fused-ring (bicyclic) bond motifs is 1. The second-order valence-corrected chi connectivity index (χ2v) is 6.11. The van der Waals surface area contributed by atoms with Gasteiger partial charge in [0.05, 0.1) is 5.75 Å². The molecule has 0 N–H and O–H groups in total. The van der Waals surface area contributed by atoms with E-state index in [-0.39, 0.29) is 11.5 Å². The summed E-state index contributed by atoms with van der Waals surface area (Å²) in [6.45, 7) is 0. The topological polar surface area (TPSA) is 43.1 Å². The average Bonchev–Trinajstić information content (AvgIpc) is 2.87. The molecule has 0 saturated heterocycles. The first-order chi connectivity index (χ1) is 10.1. The van der Waals surface area contributed by atoms with E-state index in [1.807, 2.05) is 0 Å². The minimum atomic E-state index is -0.00282. The van der Waals surface area contributed by atoms with Crippen LogP contribution in [0.15, 0.2) is 52.1 Å². The summed E-state index contributed by atoms with van der Waals surface area (Å²) >= 11 is 12.9. The fraction of sp³-hybridized carbons (Fsp3) is 0.0667. The summed E-state index contributed by atoms with van der Waals surface area (Å²) in [6.07, 6.45) is 0. The number of ketones is 1. The van der Waals surface area contributed by atoms with Gasteiger partial charge in [0.1, 0.15) is 5.52 Å². The van der Waals surface area contributed by atoms with Crippen molar-refractivity contribution in [3.8, 4) is 0 Å². The van der Waals surface area contributed by atoms with Crippen LogP contribution in [0, 0.1) is 0 Å². The standard InChI is InChI=1S/C15H9Cl2NO2S/c16-10-3-1-9(2-4-10)13(19)8-21-15-18-12-7-11(17)5-6-14(12)20-15/h1-7H,8H2. The molecule has 0 bridgehead atoms. The van der Waals surface area contributed by atoms with Crippen LogP contribution in [-0.2, 0) is 0 Å². The smallest absolute Gasteiger partial charge is 0.257 e. The van der Waals surface area contributed by atoms with Crippen molar-refractivity contribution < 1.29 is 9.21 Å². The highest BCUT2D eigenvalue weighted by atomic mass is 35.5. The van der Waals surface area contributed by atoms with Crippen LogP contribution in [0.3, 0.4) is 0 Å². The zero-order chi connectivity index (χ0) is 14.8. The third-order valence-corrected chi connectivity index (χ3v) is 4.14. The SMILES string of the molecule is O=C(CSc1nc2cc(Cl)ccc2o1)c1ccc(Cl)cc1. The fourth-order valence-corrected chi connectivity index (χ4v) is 2.81. The number of carbonyl (C=O) groups is 1. The molecule has 0 radical (unpaired) electrons. The first-order valence-electron chi connectivity index (χ1n) is 6.09.